The van der Waals surface area contributed by atoms with Gasteiger partial charge in [0.2, 0.25) is 0 Å². The van der Waals surface area contributed by atoms with Gasteiger partial charge < -0.3 is 15.0 Å². The predicted octanol–water partition coefficient (Wildman–Crippen LogP) is 2.79. The van der Waals surface area contributed by atoms with Crippen LogP contribution in [0.4, 0.5) is 0 Å². The van der Waals surface area contributed by atoms with Gasteiger partial charge in [-0.3, -0.25) is 9.59 Å². The summed E-state index contributed by atoms with van der Waals surface area (Å²) >= 11 is 0. The van der Waals surface area contributed by atoms with Gasteiger partial charge in [0.1, 0.15) is 5.92 Å². The van der Waals surface area contributed by atoms with Gasteiger partial charge in [-0.1, -0.05) is 18.2 Å². The topological polar surface area (TPSA) is 73.4 Å². The van der Waals surface area contributed by atoms with E-state index in [1.165, 1.54) is 0 Å². The molecule has 0 radical (unpaired) electrons. The summed E-state index contributed by atoms with van der Waals surface area (Å²) in [6.45, 7) is 3.81. The number of rotatable bonds is 3. The lowest BCUT2D eigenvalue weighted by Crippen LogP contribution is -2.48. The Balaban J connectivity index is 2.24. The Hall–Kier alpha value is -2.56. The van der Waals surface area contributed by atoms with Crippen LogP contribution in [0.2, 0.25) is 0 Å². The molecule has 0 bridgehead atoms. The largest absolute Gasteiger partial charge is 0.481 e. The Morgan fingerprint density at radius 1 is 1.23 bits per heavy atom. The average molecular weight is 298 g/mol. The number of carbonyl (C=O) groups excluding carboxylic acids is 1. The van der Waals surface area contributed by atoms with Crippen molar-refractivity contribution >= 4 is 11.9 Å². The predicted molar refractivity (Wildman–Crippen MR) is 81.7 cm³/mol. The zero-order valence-corrected chi connectivity index (χ0v) is 12.5. The number of fused-ring (bicyclic) bond motifs is 1. The third kappa shape index (κ3) is 2.09. The lowest BCUT2D eigenvalue weighted by atomic mass is 9.81. The molecule has 1 aromatic heterocycles. The molecule has 2 aromatic rings. The Bertz CT molecular complexity index is 706. The van der Waals surface area contributed by atoms with Gasteiger partial charge in [0.15, 0.2) is 0 Å². The minimum atomic E-state index is -0.926. The van der Waals surface area contributed by atoms with Gasteiger partial charge in [-0.2, -0.15) is 0 Å². The normalized spacial score (nSPS) is 21.0. The average Bonchev–Trinajstić information content (AvgIpc) is 3.00. The van der Waals surface area contributed by atoms with Crippen molar-refractivity contribution in [2.75, 3.05) is 0 Å². The molecule has 2 heterocycles. The van der Waals surface area contributed by atoms with Crippen LogP contribution in [0.15, 0.2) is 42.6 Å². The maximum absolute atomic E-state index is 12.9. The molecule has 22 heavy (non-hydrogen) atoms. The molecule has 5 heteroatoms. The summed E-state index contributed by atoms with van der Waals surface area (Å²) < 4.78 is 0. The lowest BCUT2D eigenvalue weighted by Gasteiger charge is -2.42. The molecular formula is C17H18N2O3. The quantitative estimate of drug-likeness (QED) is 0.915. The highest BCUT2D eigenvalue weighted by Gasteiger charge is 2.45. The molecule has 0 saturated carbocycles. The van der Waals surface area contributed by atoms with Gasteiger partial charge in [-0.15, -0.1) is 0 Å². The van der Waals surface area contributed by atoms with E-state index < -0.39 is 17.9 Å². The molecular weight excluding hydrogens is 280 g/mol. The first-order chi connectivity index (χ1) is 10.5. The molecule has 3 rings (SSSR count). The van der Waals surface area contributed by atoms with Gasteiger partial charge in [-0.05, 0) is 37.6 Å². The first kappa shape index (κ1) is 14.4. The zero-order chi connectivity index (χ0) is 15.9. The zero-order valence-electron chi connectivity index (χ0n) is 12.5. The standard InChI is InChI=1S/C17H18N2O3/c1-10(2)19-15(13-8-5-9-18-13)14(17(21)22)11-6-3-4-7-12(11)16(19)20/h3-10,14-15,18H,1-2H3,(H,21,22). The fourth-order valence-electron chi connectivity index (χ4n) is 3.24. The second kappa shape index (κ2) is 5.33. The number of nitrogens with one attached hydrogen (secondary N) is 1. The Morgan fingerprint density at radius 3 is 2.55 bits per heavy atom. The number of H-pyrrole nitrogens is 1. The van der Waals surface area contributed by atoms with E-state index in [0.29, 0.717) is 11.1 Å². The minimum absolute atomic E-state index is 0.101. The van der Waals surface area contributed by atoms with Crippen LogP contribution in [0, 0.1) is 0 Å². The summed E-state index contributed by atoms with van der Waals surface area (Å²) in [5.74, 6) is -1.83. The molecule has 1 aliphatic rings. The van der Waals surface area contributed by atoms with Crippen molar-refractivity contribution in [1.29, 1.82) is 0 Å². The molecule has 0 fully saturated rings. The van der Waals surface area contributed by atoms with Crippen LogP contribution >= 0.6 is 0 Å². The van der Waals surface area contributed by atoms with E-state index in [0.717, 1.165) is 5.69 Å². The number of hydrogen-bond donors (Lipinski definition) is 2. The molecule has 2 atom stereocenters. The van der Waals surface area contributed by atoms with Crippen LogP contribution < -0.4 is 0 Å². The SMILES string of the molecule is CC(C)N1C(=O)c2ccccc2C(C(=O)O)C1c1ccc[nH]1. The number of aliphatic carboxylic acids is 1. The van der Waals surface area contributed by atoms with Crippen molar-refractivity contribution < 1.29 is 14.7 Å². The maximum Gasteiger partial charge on any atom is 0.313 e. The van der Waals surface area contributed by atoms with Gasteiger partial charge in [0.05, 0.1) is 6.04 Å². The third-order valence-electron chi connectivity index (χ3n) is 4.14. The monoisotopic (exact) mass is 298 g/mol. The highest BCUT2D eigenvalue weighted by molar-refractivity contribution is 6.00. The molecule has 2 unspecified atom stereocenters. The van der Waals surface area contributed by atoms with Crippen LogP contribution in [-0.4, -0.2) is 32.9 Å². The molecule has 1 aromatic carbocycles. The Morgan fingerprint density at radius 2 is 1.95 bits per heavy atom. The summed E-state index contributed by atoms with van der Waals surface area (Å²) in [7, 11) is 0. The number of benzene rings is 1. The van der Waals surface area contributed by atoms with E-state index in [2.05, 4.69) is 4.98 Å². The molecule has 1 aliphatic heterocycles. The van der Waals surface area contributed by atoms with Crippen LogP contribution in [0.25, 0.3) is 0 Å². The van der Waals surface area contributed by atoms with Crippen molar-refractivity contribution in [2.45, 2.75) is 31.8 Å². The number of carbonyl (C=O) groups is 2. The number of carboxylic acid groups (broad SMARTS) is 1. The number of nitrogens with zero attached hydrogens (tertiary/aromatic N) is 1. The molecule has 114 valence electrons. The molecule has 0 spiro atoms. The fourth-order valence-corrected chi connectivity index (χ4v) is 3.24. The highest BCUT2D eigenvalue weighted by Crippen LogP contribution is 2.43. The van der Waals surface area contributed by atoms with E-state index in [4.69, 9.17) is 0 Å². The van der Waals surface area contributed by atoms with Crippen molar-refractivity contribution in [3.63, 3.8) is 0 Å². The Kier molecular flexibility index (Phi) is 3.48. The summed E-state index contributed by atoms with van der Waals surface area (Å²) in [6, 6.07) is 10.00. The number of aromatic amines is 1. The maximum atomic E-state index is 12.9. The smallest absolute Gasteiger partial charge is 0.313 e. The van der Waals surface area contributed by atoms with Gasteiger partial charge in [0.25, 0.3) is 5.91 Å². The van der Waals surface area contributed by atoms with E-state index in [-0.39, 0.29) is 11.9 Å². The van der Waals surface area contributed by atoms with E-state index in [1.807, 2.05) is 26.0 Å². The lowest BCUT2D eigenvalue weighted by molar-refractivity contribution is -0.140. The van der Waals surface area contributed by atoms with Crippen molar-refractivity contribution in [3.8, 4) is 0 Å². The summed E-state index contributed by atoms with van der Waals surface area (Å²) in [5.41, 5.74) is 1.80. The first-order valence-corrected chi connectivity index (χ1v) is 7.30. The first-order valence-electron chi connectivity index (χ1n) is 7.30. The van der Waals surface area contributed by atoms with Gasteiger partial charge in [-0.25, -0.2) is 0 Å². The van der Waals surface area contributed by atoms with Crippen molar-refractivity contribution in [3.05, 3.63) is 59.4 Å². The summed E-state index contributed by atoms with van der Waals surface area (Å²) in [6.07, 6.45) is 1.75. The molecule has 5 nitrogen and oxygen atoms in total. The molecule has 0 aliphatic carbocycles. The third-order valence-corrected chi connectivity index (χ3v) is 4.14. The molecule has 1 amide bonds. The molecule has 0 saturated heterocycles. The fraction of sp³-hybridized carbons (Fsp3) is 0.294. The number of amides is 1. The molecule has 2 N–H and O–H groups in total. The van der Waals surface area contributed by atoms with Crippen LogP contribution in [0.5, 0.6) is 0 Å². The highest BCUT2D eigenvalue weighted by atomic mass is 16.4. The van der Waals surface area contributed by atoms with Crippen molar-refractivity contribution in [1.82, 2.24) is 9.88 Å². The Labute approximate surface area is 128 Å². The van der Waals surface area contributed by atoms with Gasteiger partial charge in [0, 0.05) is 23.5 Å². The number of aromatic nitrogens is 1. The van der Waals surface area contributed by atoms with Crippen LogP contribution in [0.3, 0.4) is 0 Å². The number of hydrogen-bond acceptors (Lipinski definition) is 2. The summed E-state index contributed by atoms with van der Waals surface area (Å²) in [5, 5.41) is 9.79. The van der Waals surface area contributed by atoms with E-state index >= 15 is 0 Å². The van der Waals surface area contributed by atoms with Crippen LogP contribution in [0.1, 0.15) is 47.4 Å². The summed E-state index contributed by atoms with van der Waals surface area (Å²) in [4.78, 5) is 29.5. The van der Waals surface area contributed by atoms with Crippen LogP contribution in [-0.2, 0) is 4.79 Å². The second-order valence-corrected chi connectivity index (χ2v) is 5.78. The van der Waals surface area contributed by atoms with E-state index in [9.17, 15) is 14.7 Å². The van der Waals surface area contributed by atoms with E-state index in [1.54, 1.807) is 35.4 Å². The number of carboxylic acids is 1. The minimum Gasteiger partial charge on any atom is -0.481 e. The van der Waals surface area contributed by atoms with Gasteiger partial charge >= 0.3 is 5.97 Å². The second-order valence-electron chi connectivity index (χ2n) is 5.78. The van der Waals surface area contributed by atoms with Crippen molar-refractivity contribution in [2.24, 2.45) is 0 Å².